The molecule has 0 saturated carbocycles. The van der Waals surface area contributed by atoms with E-state index in [1.807, 2.05) is 54.5 Å². The summed E-state index contributed by atoms with van der Waals surface area (Å²) in [6.45, 7) is 16.3. The zero-order chi connectivity index (χ0) is 21.3. The summed E-state index contributed by atoms with van der Waals surface area (Å²) in [6, 6.07) is 2.05. The number of amides is 1. The molecule has 1 aliphatic heterocycles. The summed E-state index contributed by atoms with van der Waals surface area (Å²) in [5.41, 5.74) is 3.42. The lowest BCUT2D eigenvalue weighted by molar-refractivity contribution is -0.889. The first-order valence-electron chi connectivity index (χ1n) is 10.0. The summed E-state index contributed by atoms with van der Waals surface area (Å²) in [5.74, 6) is 0.0137. The highest BCUT2D eigenvalue weighted by atomic mass is 32.2. The smallest absolute Gasteiger partial charge is 0.275 e. The second-order valence-corrected chi connectivity index (χ2v) is 10.9. The molecule has 1 fully saturated rings. The number of hydrogen-bond donors (Lipinski definition) is 2. The molecular weight excluding hydrogens is 374 g/mol. The van der Waals surface area contributed by atoms with Crippen LogP contribution < -0.4 is 10.2 Å². The second kappa shape index (κ2) is 8.51. The number of rotatable bonds is 4. The molecule has 1 aromatic rings. The van der Waals surface area contributed by atoms with Crippen molar-refractivity contribution >= 4 is 15.9 Å². The number of benzene rings is 1. The van der Waals surface area contributed by atoms with Crippen LogP contribution in [0.1, 0.15) is 49.4 Å². The maximum absolute atomic E-state index is 13.4. The van der Waals surface area contributed by atoms with Gasteiger partial charge in [-0.1, -0.05) is 6.07 Å². The van der Waals surface area contributed by atoms with Gasteiger partial charge in [-0.05, 0) is 70.7 Å². The van der Waals surface area contributed by atoms with Gasteiger partial charge in [0.15, 0.2) is 6.54 Å². The minimum absolute atomic E-state index is 0.0137. The second-order valence-electron chi connectivity index (χ2n) is 9.07. The maximum atomic E-state index is 13.4. The third-order valence-electron chi connectivity index (χ3n) is 5.47. The van der Waals surface area contributed by atoms with Gasteiger partial charge in [-0.25, -0.2) is 8.42 Å². The van der Waals surface area contributed by atoms with Crippen molar-refractivity contribution in [1.82, 2.24) is 9.62 Å². The van der Waals surface area contributed by atoms with Crippen LogP contribution in [0.4, 0.5) is 0 Å². The van der Waals surface area contributed by atoms with E-state index in [9.17, 15) is 13.2 Å². The van der Waals surface area contributed by atoms with E-state index < -0.39 is 10.0 Å². The van der Waals surface area contributed by atoms with E-state index in [0.29, 0.717) is 31.1 Å². The Kier molecular flexibility index (Phi) is 6.94. The first-order chi connectivity index (χ1) is 12.8. The fourth-order valence-corrected chi connectivity index (χ4v) is 5.88. The zero-order valence-corrected chi connectivity index (χ0v) is 19.2. The minimum atomic E-state index is -3.55. The molecule has 1 atom stereocenters. The van der Waals surface area contributed by atoms with Gasteiger partial charge in [0, 0.05) is 18.5 Å². The monoisotopic (exact) mass is 410 g/mol. The van der Waals surface area contributed by atoms with E-state index in [0.717, 1.165) is 40.1 Å². The molecule has 2 rings (SSSR count). The van der Waals surface area contributed by atoms with Crippen LogP contribution in [0, 0.1) is 27.7 Å². The van der Waals surface area contributed by atoms with Crippen LogP contribution in [-0.2, 0) is 14.8 Å². The van der Waals surface area contributed by atoms with Crippen molar-refractivity contribution < 1.29 is 18.1 Å². The van der Waals surface area contributed by atoms with Gasteiger partial charge in [0.05, 0.1) is 24.5 Å². The predicted molar refractivity (Wildman–Crippen MR) is 112 cm³/mol. The molecule has 0 spiro atoms. The molecule has 158 valence electrons. The Morgan fingerprint density at radius 2 is 1.64 bits per heavy atom. The lowest BCUT2D eigenvalue weighted by atomic mass is 10.0. The van der Waals surface area contributed by atoms with E-state index in [2.05, 4.69) is 5.32 Å². The van der Waals surface area contributed by atoms with Crippen LogP contribution in [0.3, 0.4) is 0 Å². The molecule has 28 heavy (non-hydrogen) atoms. The van der Waals surface area contributed by atoms with Crippen LogP contribution >= 0.6 is 0 Å². The number of quaternary nitrogens is 1. The van der Waals surface area contributed by atoms with Gasteiger partial charge in [-0.3, -0.25) is 4.79 Å². The fraction of sp³-hybridized carbons (Fsp3) is 0.667. The average Bonchev–Trinajstić information content (AvgIpc) is 2.77. The molecule has 1 heterocycles. The highest BCUT2D eigenvalue weighted by Crippen LogP contribution is 2.28. The summed E-state index contributed by atoms with van der Waals surface area (Å²) in [7, 11) is -3.55. The first kappa shape index (κ1) is 22.8. The normalized spacial score (nSPS) is 19.3. The number of nitrogens with one attached hydrogen (secondary N) is 2. The van der Waals surface area contributed by atoms with Gasteiger partial charge in [-0.15, -0.1) is 0 Å². The summed E-state index contributed by atoms with van der Waals surface area (Å²) in [4.78, 5) is 13.8. The molecule has 0 radical (unpaired) electrons. The number of aryl methyl sites for hydroxylation is 2. The number of carbonyl (C=O) groups is 1. The van der Waals surface area contributed by atoms with Gasteiger partial charge in [0.2, 0.25) is 10.0 Å². The van der Waals surface area contributed by atoms with E-state index in [1.165, 1.54) is 0 Å². The van der Waals surface area contributed by atoms with Gasteiger partial charge >= 0.3 is 0 Å². The van der Waals surface area contributed by atoms with Crippen LogP contribution in [0.5, 0.6) is 0 Å². The van der Waals surface area contributed by atoms with Crippen molar-refractivity contribution in [3.63, 3.8) is 0 Å². The molecule has 1 saturated heterocycles. The highest BCUT2D eigenvalue weighted by Gasteiger charge is 2.32. The Hall–Kier alpha value is -1.44. The molecule has 7 heteroatoms. The van der Waals surface area contributed by atoms with Crippen LogP contribution in [-0.4, -0.2) is 56.9 Å². The summed E-state index contributed by atoms with van der Waals surface area (Å²) < 4.78 is 28.5. The molecule has 0 aliphatic carbocycles. The van der Waals surface area contributed by atoms with Gasteiger partial charge in [-0.2, -0.15) is 4.31 Å². The molecule has 0 bridgehead atoms. The first-order valence-corrected chi connectivity index (χ1v) is 11.5. The van der Waals surface area contributed by atoms with Gasteiger partial charge < -0.3 is 10.2 Å². The quantitative estimate of drug-likeness (QED) is 0.781. The number of sulfonamides is 1. The third-order valence-corrected chi connectivity index (χ3v) is 7.65. The van der Waals surface area contributed by atoms with Gasteiger partial charge in [0.25, 0.3) is 5.91 Å². The SMILES string of the molecule is Cc1cc(C)c(C)c(S(=O)(=O)N2CCC[NH+](CC(=O)NC(C)(C)C)CC2)c1C. The van der Waals surface area contributed by atoms with Gasteiger partial charge in [0.1, 0.15) is 0 Å². The Labute approximate surface area is 170 Å². The molecule has 1 unspecified atom stereocenters. The average molecular weight is 411 g/mol. The lowest BCUT2D eigenvalue weighted by Crippen LogP contribution is -3.13. The third kappa shape index (κ3) is 5.33. The van der Waals surface area contributed by atoms with E-state index >= 15 is 0 Å². The zero-order valence-electron chi connectivity index (χ0n) is 18.4. The van der Waals surface area contributed by atoms with E-state index in [4.69, 9.17) is 0 Å². The Bertz CT molecular complexity index is 815. The summed E-state index contributed by atoms with van der Waals surface area (Å²) >= 11 is 0. The van der Waals surface area contributed by atoms with Crippen molar-refractivity contribution in [1.29, 1.82) is 0 Å². The Balaban J connectivity index is 2.17. The van der Waals surface area contributed by atoms with Crippen molar-refractivity contribution in [2.45, 2.75) is 65.3 Å². The number of nitrogens with zero attached hydrogens (tertiary/aromatic N) is 1. The fourth-order valence-electron chi connectivity index (χ4n) is 3.83. The highest BCUT2D eigenvalue weighted by molar-refractivity contribution is 7.89. The Morgan fingerprint density at radius 3 is 2.18 bits per heavy atom. The molecule has 1 amide bonds. The lowest BCUT2D eigenvalue weighted by Gasteiger charge is -2.24. The standard InChI is InChI=1S/C21H35N3O3S/c1-15-13-16(2)18(4)20(17(15)3)28(26,27)24-10-8-9-23(11-12-24)14-19(25)22-21(5,6)7/h13H,8-12,14H2,1-7H3,(H,22,25)/p+1. The van der Waals surface area contributed by atoms with E-state index in [-0.39, 0.29) is 11.4 Å². The number of carbonyl (C=O) groups excluding carboxylic acids is 1. The number of hydrogen-bond acceptors (Lipinski definition) is 3. The topological polar surface area (TPSA) is 70.9 Å². The molecule has 6 nitrogen and oxygen atoms in total. The van der Waals surface area contributed by atoms with Crippen molar-refractivity contribution in [3.8, 4) is 0 Å². The molecular formula is C21H36N3O3S+. The summed E-state index contributed by atoms with van der Waals surface area (Å²) in [5, 5.41) is 2.99. The van der Waals surface area contributed by atoms with Crippen molar-refractivity contribution in [3.05, 3.63) is 28.3 Å². The van der Waals surface area contributed by atoms with Crippen molar-refractivity contribution in [2.75, 3.05) is 32.7 Å². The minimum Gasteiger partial charge on any atom is -0.347 e. The van der Waals surface area contributed by atoms with Crippen LogP contribution in [0.15, 0.2) is 11.0 Å². The largest absolute Gasteiger partial charge is 0.347 e. The maximum Gasteiger partial charge on any atom is 0.275 e. The van der Waals surface area contributed by atoms with E-state index in [1.54, 1.807) is 4.31 Å². The molecule has 1 aliphatic rings. The van der Waals surface area contributed by atoms with Crippen LogP contribution in [0.25, 0.3) is 0 Å². The van der Waals surface area contributed by atoms with Crippen molar-refractivity contribution in [2.24, 2.45) is 0 Å². The van der Waals surface area contributed by atoms with Crippen LogP contribution in [0.2, 0.25) is 0 Å². The molecule has 1 aromatic carbocycles. The Morgan fingerprint density at radius 1 is 1.07 bits per heavy atom. The predicted octanol–water partition coefficient (Wildman–Crippen LogP) is 1.11. The molecule has 0 aromatic heterocycles. The summed E-state index contributed by atoms with van der Waals surface area (Å²) in [6.07, 6.45) is 0.750. The molecule has 2 N–H and O–H groups in total.